The highest BCUT2D eigenvalue weighted by atomic mass is 14.9. The Kier molecular flexibility index (Phi) is 7.76. The maximum absolute atomic E-state index is 5.44. The first-order valence-corrected chi connectivity index (χ1v) is 6.73. The molecule has 4 nitrogen and oxygen atoms in total. The number of piperidine rings is 2. The molecule has 0 bridgehead atoms. The molecule has 2 unspecified atom stereocenters. The van der Waals surface area contributed by atoms with Gasteiger partial charge in [0, 0.05) is 25.2 Å². The van der Waals surface area contributed by atoms with Gasteiger partial charge in [0.1, 0.15) is 0 Å². The van der Waals surface area contributed by atoms with E-state index in [1.54, 1.807) is 0 Å². The van der Waals surface area contributed by atoms with E-state index in [0.29, 0.717) is 12.1 Å². The van der Waals surface area contributed by atoms with Gasteiger partial charge in [0.25, 0.3) is 0 Å². The predicted octanol–water partition coefficient (Wildman–Crippen LogP) is 0.174. The van der Waals surface area contributed by atoms with Crippen LogP contribution < -0.4 is 22.1 Å². The number of rotatable bonds is 2. The Labute approximate surface area is 99.5 Å². The number of nitrogens with one attached hydrogen (secondary N) is 2. The Bertz CT molecular complexity index is 133. The van der Waals surface area contributed by atoms with Crippen molar-refractivity contribution in [3.05, 3.63) is 0 Å². The van der Waals surface area contributed by atoms with E-state index in [9.17, 15) is 0 Å². The van der Waals surface area contributed by atoms with Crippen molar-refractivity contribution < 1.29 is 0 Å². The van der Waals surface area contributed by atoms with E-state index in [0.717, 1.165) is 13.1 Å². The highest BCUT2D eigenvalue weighted by Gasteiger charge is 2.09. The second-order valence-corrected chi connectivity index (χ2v) is 4.77. The molecule has 96 valence electrons. The van der Waals surface area contributed by atoms with Gasteiger partial charge in [-0.1, -0.05) is 12.8 Å². The van der Waals surface area contributed by atoms with Crippen LogP contribution in [0.5, 0.6) is 0 Å². The zero-order chi connectivity index (χ0) is 11.6. The van der Waals surface area contributed by atoms with Crippen LogP contribution in [0.2, 0.25) is 0 Å². The van der Waals surface area contributed by atoms with Crippen LogP contribution in [0.1, 0.15) is 38.5 Å². The van der Waals surface area contributed by atoms with Crippen molar-refractivity contribution >= 4 is 0 Å². The molecule has 2 saturated heterocycles. The molecule has 2 aliphatic rings. The van der Waals surface area contributed by atoms with Crippen molar-refractivity contribution in [2.75, 3.05) is 26.2 Å². The summed E-state index contributed by atoms with van der Waals surface area (Å²) in [5.41, 5.74) is 10.9. The molecule has 2 atom stereocenters. The number of nitrogens with two attached hydrogens (primary N) is 2. The Balaban J connectivity index is 0.000000160. The van der Waals surface area contributed by atoms with Crippen molar-refractivity contribution in [1.82, 2.24) is 10.6 Å². The van der Waals surface area contributed by atoms with E-state index in [2.05, 4.69) is 10.6 Å². The summed E-state index contributed by atoms with van der Waals surface area (Å²) in [5, 5.41) is 6.69. The molecule has 0 aliphatic carbocycles. The maximum Gasteiger partial charge on any atom is 0.0190 e. The number of hydrogen-bond acceptors (Lipinski definition) is 4. The fourth-order valence-corrected chi connectivity index (χ4v) is 2.25. The largest absolute Gasteiger partial charge is 0.329 e. The molecule has 0 aromatic heterocycles. The van der Waals surface area contributed by atoms with Gasteiger partial charge in [-0.2, -0.15) is 0 Å². The molecule has 4 heteroatoms. The Hall–Kier alpha value is -0.160. The summed E-state index contributed by atoms with van der Waals surface area (Å²) in [6.07, 6.45) is 7.92. The molecule has 2 heterocycles. The van der Waals surface area contributed by atoms with Crippen LogP contribution in [0.15, 0.2) is 0 Å². The first-order valence-electron chi connectivity index (χ1n) is 6.73. The maximum atomic E-state index is 5.44. The van der Waals surface area contributed by atoms with E-state index < -0.39 is 0 Å². The average molecular weight is 228 g/mol. The quantitative estimate of drug-likeness (QED) is 0.544. The summed E-state index contributed by atoms with van der Waals surface area (Å²) >= 11 is 0. The summed E-state index contributed by atoms with van der Waals surface area (Å²) in [6, 6.07) is 1.23. The van der Waals surface area contributed by atoms with Gasteiger partial charge in [0.2, 0.25) is 0 Å². The lowest BCUT2D eigenvalue weighted by molar-refractivity contribution is 0.407. The van der Waals surface area contributed by atoms with E-state index in [1.165, 1.54) is 51.6 Å². The van der Waals surface area contributed by atoms with Crippen LogP contribution in [-0.2, 0) is 0 Å². The molecule has 16 heavy (non-hydrogen) atoms. The number of hydrogen-bond donors (Lipinski definition) is 4. The van der Waals surface area contributed by atoms with Crippen LogP contribution in [0, 0.1) is 0 Å². The van der Waals surface area contributed by atoms with Gasteiger partial charge in [0.05, 0.1) is 0 Å². The van der Waals surface area contributed by atoms with Crippen molar-refractivity contribution in [1.29, 1.82) is 0 Å². The van der Waals surface area contributed by atoms with Crippen LogP contribution in [0.25, 0.3) is 0 Å². The lowest BCUT2D eigenvalue weighted by atomic mass is 10.1. The Morgan fingerprint density at radius 2 is 1.19 bits per heavy atom. The second-order valence-electron chi connectivity index (χ2n) is 4.77. The fourth-order valence-electron chi connectivity index (χ4n) is 2.25. The smallest absolute Gasteiger partial charge is 0.0190 e. The predicted molar refractivity (Wildman–Crippen MR) is 69.4 cm³/mol. The van der Waals surface area contributed by atoms with Crippen LogP contribution in [-0.4, -0.2) is 38.3 Å². The van der Waals surface area contributed by atoms with Gasteiger partial charge < -0.3 is 22.1 Å². The van der Waals surface area contributed by atoms with Gasteiger partial charge in [-0.15, -0.1) is 0 Å². The minimum atomic E-state index is 0.615. The zero-order valence-electron chi connectivity index (χ0n) is 10.4. The lowest BCUT2D eigenvalue weighted by Crippen LogP contribution is -2.39. The molecule has 0 spiro atoms. The summed E-state index contributed by atoms with van der Waals surface area (Å²) in [5.74, 6) is 0. The van der Waals surface area contributed by atoms with Crippen molar-refractivity contribution in [3.8, 4) is 0 Å². The molecule has 0 radical (unpaired) electrons. The standard InChI is InChI=1S/2C6H14N2/c2*7-5-6-3-1-2-4-8-6/h2*6,8H,1-5,7H2. The Morgan fingerprint density at radius 1 is 0.750 bits per heavy atom. The molecule has 0 aromatic carbocycles. The van der Waals surface area contributed by atoms with Gasteiger partial charge in [0.15, 0.2) is 0 Å². The van der Waals surface area contributed by atoms with Crippen molar-refractivity contribution in [2.24, 2.45) is 11.5 Å². The first kappa shape index (κ1) is 13.9. The van der Waals surface area contributed by atoms with Crippen molar-refractivity contribution in [2.45, 2.75) is 50.6 Å². The third-order valence-electron chi connectivity index (χ3n) is 3.39. The third kappa shape index (κ3) is 5.80. The van der Waals surface area contributed by atoms with Crippen LogP contribution in [0.3, 0.4) is 0 Å². The van der Waals surface area contributed by atoms with Gasteiger partial charge in [-0.25, -0.2) is 0 Å². The van der Waals surface area contributed by atoms with Gasteiger partial charge in [-0.3, -0.25) is 0 Å². The molecule has 0 saturated carbocycles. The van der Waals surface area contributed by atoms with E-state index in [4.69, 9.17) is 11.5 Å². The molecule has 2 aliphatic heterocycles. The van der Waals surface area contributed by atoms with Crippen LogP contribution >= 0.6 is 0 Å². The van der Waals surface area contributed by atoms with Gasteiger partial charge in [-0.05, 0) is 38.8 Å². The minimum absolute atomic E-state index is 0.615. The summed E-state index contributed by atoms with van der Waals surface area (Å²) in [6.45, 7) is 3.95. The van der Waals surface area contributed by atoms with Gasteiger partial charge >= 0.3 is 0 Å². The molecule has 2 fully saturated rings. The second kappa shape index (κ2) is 8.93. The molecule has 0 amide bonds. The monoisotopic (exact) mass is 228 g/mol. The van der Waals surface area contributed by atoms with E-state index in [-0.39, 0.29) is 0 Å². The highest BCUT2D eigenvalue weighted by Crippen LogP contribution is 2.05. The first-order chi connectivity index (χ1) is 7.86. The molecule has 6 N–H and O–H groups in total. The molecule has 0 aromatic rings. The topological polar surface area (TPSA) is 76.1 Å². The van der Waals surface area contributed by atoms with E-state index in [1.807, 2.05) is 0 Å². The normalized spacial score (nSPS) is 30.4. The van der Waals surface area contributed by atoms with E-state index >= 15 is 0 Å². The summed E-state index contributed by atoms with van der Waals surface area (Å²) in [7, 11) is 0. The lowest BCUT2D eigenvalue weighted by Gasteiger charge is -2.21. The van der Waals surface area contributed by atoms with Crippen LogP contribution in [0.4, 0.5) is 0 Å². The Morgan fingerprint density at radius 3 is 1.38 bits per heavy atom. The van der Waals surface area contributed by atoms with Crippen molar-refractivity contribution in [3.63, 3.8) is 0 Å². The highest BCUT2D eigenvalue weighted by molar-refractivity contribution is 4.72. The fraction of sp³-hybridized carbons (Fsp3) is 1.00. The summed E-state index contributed by atoms with van der Waals surface area (Å²) < 4.78 is 0. The molecule has 2 rings (SSSR count). The molecular formula is C12H28N4. The summed E-state index contributed by atoms with van der Waals surface area (Å²) in [4.78, 5) is 0. The minimum Gasteiger partial charge on any atom is -0.329 e. The zero-order valence-corrected chi connectivity index (χ0v) is 10.4. The third-order valence-corrected chi connectivity index (χ3v) is 3.39. The molecular weight excluding hydrogens is 200 g/mol. The SMILES string of the molecule is NCC1CCCCN1.NCC1CCCCN1. The average Bonchev–Trinajstić information content (AvgIpc) is 2.41.